The highest BCUT2D eigenvalue weighted by Gasteiger charge is 2.28. The fourth-order valence-corrected chi connectivity index (χ4v) is 4.06. The Morgan fingerprint density at radius 1 is 1.08 bits per heavy atom. The molecule has 4 rings (SSSR count). The van der Waals surface area contributed by atoms with Crippen LogP contribution in [-0.2, 0) is 22.3 Å². The minimum Gasteiger partial charge on any atom is -0.306 e. The lowest BCUT2D eigenvalue weighted by atomic mass is 10.2. The van der Waals surface area contributed by atoms with E-state index in [4.69, 9.17) is 0 Å². The zero-order valence-electron chi connectivity index (χ0n) is 13.1. The molecule has 1 aliphatic rings. The van der Waals surface area contributed by atoms with Gasteiger partial charge in [-0.25, -0.2) is 9.07 Å². The highest BCUT2D eigenvalue weighted by Crippen LogP contribution is 2.31. The lowest BCUT2D eigenvalue weighted by molar-refractivity contribution is 0.102. The van der Waals surface area contributed by atoms with Crippen molar-refractivity contribution >= 4 is 22.5 Å². The van der Waals surface area contributed by atoms with Crippen LogP contribution in [0, 0.1) is 5.82 Å². The van der Waals surface area contributed by atoms with Crippen LogP contribution in [0.15, 0.2) is 54.6 Å². The maximum atomic E-state index is 13.2. The quantitative estimate of drug-likeness (QED) is 0.785. The fourth-order valence-electron chi connectivity index (χ4n) is 2.79. The standard InChI is InChI=1S/C18H14FN3O2S/c19-13-6-8-14(9-7-13)22-17(15-10-25(24)11-16(15)21-22)20-18(23)12-4-2-1-3-5-12/h1-9H,10-11H2,(H,20,23)/t25-/m1/s1. The largest absolute Gasteiger partial charge is 0.306 e. The van der Waals surface area contributed by atoms with E-state index < -0.39 is 10.8 Å². The van der Waals surface area contributed by atoms with Crippen molar-refractivity contribution < 1.29 is 13.4 Å². The monoisotopic (exact) mass is 355 g/mol. The normalized spacial score (nSPS) is 15.8. The third-order valence-electron chi connectivity index (χ3n) is 4.01. The van der Waals surface area contributed by atoms with Gasteiger partial charge in [0.2, 0.25) is 0 Å². The second kappa shape index (κ2) is 6.25. The Kier molecular flexibility index (Phi) is 3.93. The molecule has 0 saturated carbocycles. The predicted octanol–water partition coefficient (Wildman–Crippen LogP) is 3.03. The smallest absolute Gasteiger partial charge is 0.256 e. The molecule has 126 valence electrons. The van der Waals surface area contributed by atoms with Gasteiger partial charge in [0.05, 0.1) is 22.9 Å². The van der Waals surface area contributed by atoms with Crippen LogP contribution in [0.3, 0.4) is 0 Å². The van der Waals surface area contributed by atoms with Crippen molar-refractivity contribution in [1.82, 2.24) is 9.78 Å². The van der Waals surface area contributed by atoms with Crippen molar-refractivity contribution in [2.75, 3.05) is 5.32 Å². The summed E-state index contributed by atoms with van der Waals surface area (Å²) < 4.78 is 26.6. The van der Waals surface area contributed by atoms with Gasteiger partial charge in [-0.1, -0.05) is 18.2 Å². The summed E-state index contributed by atoms with van der Waals surface area (Å²) in [5.74, 6) is 0.573. The molecule has 3 aromatic rings. The first-order valence-electron chi connectivity index (χ1n) is 7.70. The Hall–Kier alpha value is -2.80. The van der Waals surface area contributed by atoms with E-state index in [0.717, 1.165) is 5.56 Å². The van der Waals surface area contributed by atoms with Crippen molar-refractivity contribution in [3.8, 4) is 5.69 Å². The Morgan fingerprint density at radius 2 is 1.80 bits per heavy atom. The Labute approximate surface area is 145 Å². The first-order valence-corrected chi connectivity index (χ1v) is 9.19. The summed E-state index contributed by atoms with van der Waals surface area (Å²) in [5, 5.41) is 7.35. The number of fused-ring (bicyclic) bond motifs is 1. The molecule has 1 aliphatic heterocycles. The van der Waals surface area contributed by atoms with Crippen molar-refractivity contribution in [1.29, 1.82) is 0 Å². The SMILES string of the molecule is O=C(Nc1c2c(nn1-c1ccc(F)cc1)C[S@](=O)C2)c1ccccc1. The van der Waals surface area contributed by atoms with Crippen LogP contribution >= 0.6 is 0 Å². The number of hydrogen-bond donors (Lipinski definition) is 1. The molecular formula is C18H14FN3O2S. The van der Waals surface area contributed by atoms with Crippen molar-refractivity contribution in [3.63, 3.8) is 0 Å². The van der Waals surface area contributed by atoms with E-state index >= 15 is 0 Å². The van der Waals surface area contributed by atoms with Crippen molar-refractivity contribution in [2.45, 2.75) is 11.5 Å². The molecule has 1 atom stereocenters. The molecule has 0 spiro atoms. The molecule has 7 heteroatoms. The van der Waals surface area contributed by atoms with Crippen LogP contribution in [0.2, 0.25) is 0 Å². The summed E-state index contributed by atoms with van der Waals surface area (Å²) in [4.78, 5) is 12.5. The number of aromatic nitrogens is 2. The Bertz CT molecular complexity index is 968. The van der Waals surface area contributed by atoms with Crippen LogP contribution < -0.4 is 5.32 Å². The summed E-state index contributed by atoms with van der Waals surface area (Å²) in [5.41, 5.74) is 2.62. The van der Waals surface area contributed by atoms with Gasteiger partial charge >= 0.3 is 0 Å². The average molecular weight is 355 g/mol. The molecule has 0 aliphatic carbocycles. The highest BCUT2D eigenvalue weighted by molar-refractivity contribution is 7.83. The maximum Gasteiger partial charge on any atom is 0.256 e. The van der Waals surface area contributed by atoms with Crippen LogP contribution in [0.4, 0.5) is 10.2 Å². The third-order valence-corrected chi connectivity index (χ3v) is 5.21. The van der Waals surface area contributed by atoms with E-state index in [1.54, 1.807) is 41.1 Å². The number of carbonyl (C=O) groups excluding carboxylic acids is 1. The molecule has 0 unspecified atom stereocenters. The fraction of sp³-hybridized carbons (Fsp3) is 0.111. The predicted molar refractivity (Wildman–Crippen MR) is 93.5 cm³/mol. The number of carbonyl (C=O) groups is 1. The van der Waals surface area contributed by atoms with Crippen molar-refractivity contribution in [3.05, 3.63) is 77.2 Å². The maximum absolute atomic E-state index is 13.2. The zero-order valence-corrected chi connectivity index (χ0v) is 13.9. The molecular weight excluding hydrogens is 341 g/mol. The van der Waals surface area contributed by atoms with Gasteiger partial charge in [0.15, 0.2) is 0 Å². The summed E-state index contributed by atoms with van der Waals surface area (Å²) in [6, 6.07) is 14.7. The molecule has 25 heavy (non-hydrogen) atoms. The molecule has 2 aromatic carbocycles. The van der Waals surface area contributed by atoms with E-state index in [1.165, 1.54) is 12.1 Å². The topological polar surface area (TPSA) is 64.0 Å². The minimum absolute atomic E-state index is 0.274. The van der Waals surface area contributed by atoms with Gasteiger partial charge in [0, 0.05) is 21.9 Å². The number of nitrogens with zero attached hydrogens (tertiary/aromatic N) is 2. The van der Waals surface area contributed by atoms with Crippen LogP contribution in [-0.4, -0.2) is 19.9 Å². The van der Waals surface area contributed by atoms with E-state index in [1.807, 2.05) is 6.07 Å². The van der Waals surface area contributed by atoms with Gasteiger partial charge in [-0.15, -0.1) is 0 Å². The molecule has 2 heterocycles. The molecule has 5 nitrogen and oxygen atoms in total. The zero-order chi connectivity index (χ0) is 17.4. The number of rotatable bonds is 3. The molecule has 0 bridgehead atoms. The molecule has 1 aromatic heterocycles. The molecule has 0 fully saturated rings. The van der Waals surface area contributed by atoms with Crippen LogP contribution in [0.1, 0.15) is 21.6 Å². The number of benzene rings is 2. The van der Waals surface area contributed by atoms with E-state index in [-0.39, 0.29) is 11.7 Å². The molecule has 0 saturated heterocycles. The molecule has 0 radical (unpaired) electrons. The van der Waals surface area contributed by atoms with Gasteiger partial charge in [-0.2, -0.15) is 5.10 Å². The molecule has 1 N–H and O–H groups in total. The Balaban J connectivity index is 1.76. The number of nitrogens with one attached hydrogen (secondary N) is 1. The summed E-state index contributed by atoms with van der Waals surface area (Å²) in [7, 11) is -1.01. The van der Waals surface area contributed by atoms with Gasteiger partial charge < -0.3 is 5.32 Å². The number of amides is 1. The second-order valence-electron chi connectivity index (χ2n) is 5.71. The van der Waals surface area contributed by atoms with Crippen molar-refractivity contribution in [2.24, 2.45) is 0 Å². The first kappa shape index (κ1) is 15.7. The van der Waals surface area contributed by atoms with E-state index in [0.29, 0.717) is 34.3 Å². The first-order chi connectivity index (χ1) is 12.1. The lowest BCUT2D eigenvalue weighted by Crippen LogP contribution is -2.16. The minimum atomic E-state index is -1.01. The summed E-state index contributed by atoms with van der Waals surface area (Å²) >= 11 is 0. The average Bonchev–Trinajstić information content (AvgIpc) is 3.13. The van der Waals surface area contributed by atoms with E-state index in [2.05, 4.69) is 10.4 Å². The number of halogens is 1. The van der Waals surface area contributed by atoms with E-state index in [9.17, 15) is 13.4 Å². The lowest BCUT2D eigenvalue weighted by Gasteiger charge is -2.11. The summed E-state index contributed by atoms with van der Waals surface area (Å²) in [6.45, 7) is 0. The Morgan fingerprint density at radius 3 is 2.52 bits per heavy atom. The number of anilines is 1. The summed E-state index contributed by atoms with van der Waals surface area (Å²) in [6.07, 6.45) is 0. The van der Waals surface area contributed by atoms with Gasteiger partial charge in [0.25, 0.3) is 5.91 Å². The van der Waals surface area contributed by atoms with Gasteiger partial charge in [-0.05, 0) is 36.4 Å². The number of hydrogen-bond acceptors (Lipinski definition) is 3. The highest BCUT2D eigenvalue weighted by atomic mass is 32.2. The molecule has 1 amide bonds. The van der Waals surface area contributed by atoms with Crippen LogP contribution in [0.25, 0.3) is 5.69 Å². The van der Waals surface area contributed by atoms with Crippen LogP contribution in [0.5, 0.6) is 0 Å². The second-order valence-corrected chi connectivity index (χ2v) is 7.17. The van der Waals surface area contributed by atoms with Gasteiger partial charge in [-0.3, -0.25) is 9.00 Å². The van der Waals surface area contributed by atoms with Gasteiger partial charge in [0.1, 0.15) is 11.6 Å². The third kappa shape index (κ3) is 2.98.